The zero-order valence-corrected chi connectivity index (χ0v) is 17.5. The summed E-state index contributed by atoms with van der Waals surface area (Å²) in [7, 11) is 0. The quantitative estimate of drug-likeness (QED) is 0.460. The van der Waals surface area contributed by atoms with E-state index in [0.29, 0.717) is 17.8 Å². The number of amides is 1. The normalized spacial score (nSPS) is 16.6. The Morgan fingerprint density at radius 2 is 2.03 bits per heavy atom. The number of likely N-dealkylation sites (tertiary alicyclic amines) is 1. The van der Waals surface area contributed by atoms with Crippen molar-refractivity contribution in [3.8, 4) is 0 Å². The van der Waals surface area contributed by atoms with Crippen molar-refractivity contribution in [1.29, 1.82) is 0 Å². The Kier molecular flexibility index (Phi) is 6.26. The molecule has 1 unspecified atom stereocenters. The number of nitrogens with one attached hydrogen (secondary N) is 1. The summed E-state index contributed by atoms with van der Waals surface area (Å²) in [5, 5.41) is 4.39. The molecule has 3 aromatic rings. The topological polar surface area (TPSA) is 97.0 Å². The molecule has 3 N–H and O–H groups in total. The molecule has 1 fully saturated rings. The highest BCUT2D eigenvalue weighted by Crippen LogP contribution is 2.31. The summed E-state index contributed by atoms with van der Waals surface area (Å²) in [6.07, 6.45) is 9.08. The van der Waals surface area contributed by atoms with Crippen LogP contribution in [0, 0.1) is 0 Å². The van der Waals surface area contributed by atoms with Crippen LogP contribution in [0.25, 0.3) is 0 Å². The lowest BCUT2D eigenvalue weighted by Gasteiger charge is -2.33. The Morgan fingerprint density at radius 1 is 1.24 bits per heavy atom. The average molecular weight is 427 g/mol. The van der Waals surface area contributed by atoms with E-state index in [1.54, 1.807) is 47.4 Å². The van der Waals surface area contributed by atoms with Gasteiger partial charge in [-0.2, -0.15) is 0 Å². The molecule has 0 bridgehead atoms. The summed E-state index contributed by atoms with van der Waals surface area (Å²) in [5.41, 5.74) is 8.15. The fraction of sp³-hybridized carbons (Fsp3) is 0.300. The van der Waals surface area contributed by atoms with Crippen LogP contribution in [0.5, 0.6) is 0 Å². The van der Waals surface area contributed by atoms with Gasteiger partial charge in [0.1, 0.15) is 6.33 Å². The molecule has 4 rings (SSSR count). The minimum Gasteiger partial charge on any atom is -0.399 e. The smallest absolute Gasteiger partial charge is 0.253 e. The molecule has 1 saturated heterocycles. The molecule has 1 aliphatic rings. The molecular weight excluding hydrogens is 404 g/mol. The van der Waals surface area contributed by atoms with Gasteiger partial charge >= 0.3 is 0 Å². The zero-order valence-electron chi connectivity index (χ0n) is 15.8. The van der Waals surface area contributed by atoms with Crippen LogP contribution in [0.1, 0.15) is 28.8 Å². The molecule has 0 spiro atoms. The predicted molar refractivity (Wildman–Crippen MR) is 117 cm³/mol. The average Bonchev–Trinajstić information content (AvgIpc) is 3.20. The van der Waals surface area contributed by atoms with Crippen molar-refractivity contribution in [2.75, 3.05) is 24.1 Å². The van der Waals surface area contributed by atoms with Crippen LogP contribution in [0.2, 0.25) is 0 Å². The zero-order chi connectivity index (χ0) is 20.1. The lowest BCUT2D eigenvalue weighted by molar-refractivity contribution is 0.0715. The highest BCUT2D eigenvalue weighted by atomic mass is 32.2. The van der Waals surface area contributed by atoms with Gasteiger partial charge in [0.2, 0.25) is 0 Å². The van der Waals surface area contributed by atoms with Gasteiger partial charge in [-0.05, 0) is 42.7 Å². The van der Waals surface area contributed by atoms with Crippen molar-refractivity contribution in [3.05, 3.63) is 60.3 Å². The molecule has 1 aliphatic heterocycles. The van der Waals surface area contributed by atoms with E-state index in [4.69, 9.17) is 5.73 Å². The van der Waals surface area contributed by atoms with Gasteiger partial charge in [0.15, 0.2) is 5.13 Å². The van der Waals surface area contributed by atoms with Gasteiger partial charge in [-0.25, -0.2) is 15.0 Å². The molecule has 0 saturated carbocycles. The van der Waals surface area contributed by atoms with Crippen molar-refractivity contribution in [1.82, 2.24) is 19.9 Å². The van der Waals surface area contributed by atoms with E-state index < -0.39 is 0 Å². The minimum absolute atomic E-state index is 0.0527. The van der Waals surface area contributed by atoms with Gasteiger partial charge in [-0.3, -0.25) is 4.79 Å². The van der Waals surface area contributed by atoms with Gasteiger partial charge in [0, 0.05) is 48.5 Å². The van der Waals surface area contributed by atoms with Crippen LogP contribution >= 0.6 is 23.1 Å². The molecule has 0 radical (unpaired) electrons. The van der Waals surface area contributed by atoms with Gasteiger partial charge in [-0.15, -0.1) is 11.8 Å². The SMILES string of the molecule is Nc1ccc(C(=O)N2CCCC(Nc3ncc(SCc4cncnc4)s3)C2)cc1. The largest absolute Gasteiger partial charge is 0.399 e. The first kappa shape index (κ1) is 19.7. The second-order valence-electron chi connectivity index (χ2n) is 6.88. The molecule has 7 nitrogen and oxygen atoms in total. The van der Waals surface area contributed by atoms with Gasteiger partial charge in [-0.1, -0.05) is 11.3 Å². The number of hydrogen-bond acceptors (Lipinski definition) is 8. The van der Waals surface area contributed by atoms with Crippen molar-refractivity contribution < 1.29 is 4.79 Å². The first-order valence-electron chi connectivity index (χ1n) is 9.41. The molecule has 1 atom stereocenters. The van der Waals surface area contributed by atoms with Crippen LogP contribution < -0.4 is 11.1 Å². The summed E-state index contributed by atoms with van der Waals surface area (Å²) < 4.78 is 1.14. The third-order valence-electron chi connectivity index (χ3n) is 4.67. The number of thiazole rings is 1. The van der Waals surface area contributed by atoms with Gasteiger partial charge in [0.05, 0.1) is 10.4 Å². The van der Waals surface area contributed by atoms with E-state index in [1.165, 1.54) is 6.33 Å². The Balaban J connectivity index is 1.32. The summed E-state index contributed by atoms with van der Waals surface area (Å²) in [4.78, 5) is 27.2. The lowest BCUT2D eigenvalue weighted by atomic mass is 10.0. The van der Waals surface area contributed by atoms with Crippen molar-refractivity contribution >= 4 is 39.8 Å². The Morgan fingerprint density at radius 3 is 2.83 bits per heavy atom. The summed E-state index contributed by atoms with van der Waals surface area (Å²) >= 11 is 3.36. The molecule has 150 valence electrons. The predicted octanol–water partition coefficient (Wildman–Crippen LogP) is 3.52. The number of hydrogen-bond donors (Lipinski definition) is 2. The third-order valence-corrected chi connectivity index (χ3v) is 6.87. The molecule has 1 aromatic carbocycles. The van der Waals surface area contributed by atoms with Crippen LogP contribution in [-0.4, -0.2) is 44.9 Å². The van der Waals surface area contributed by atoms with E-state index in [0.717, 1.165) is 40.0 Å². The number of carbonyl (C=O) groups excluding carboxylic acids is 1. The first-order valence-corrected chi connectivity index (χ1v) is 11.2. The van der Waals surface area contributed by atoms with E-state index in [2.05, 4.69) is 20.3 Å². The Labute approximate surface area is 177 Å². The lowest BCUT2D eigenvalue weighted by Crippen LogP contribution is -2.45. The van der Waals surface area contributed by atoms with Crippen LogP contribution in [0.3, 0.4) is 0 Å². The standard InChI is InChI=1S/C20H22N6OS2/c21-16-5-3-15(4-6-16)19(27)26-7-1-2-17(11-26)25-20-24-10-18(29-20)28-12-14-8-22-13-23-9-14/h3-6,8-10,13,17H,1-2,7,11-12,21H2,(H,24,25). The second kappa shape index (κ2) is 9.23. The number of nitrogen functional groups attached to an aromatic ring is 1. The molecule has 29 heavy (non-hydrogen) atoms. The maximum atomic E-state index is 12.8. The molecular formula is C20H22N6OS2. The summed E-state index contributed by atoms with van der Waals surface area (Å²) in [5.74, 6) is 0.868. The number of nitrogens with two attached hydrogens (primary N) is 1. The number of aromatic nitrogens is 3. The van der Waals surface area contributed by atoms with Crippen LogP contribution in [-0.2, 0) is 5.75 Å². The number of thioether (sulfide) groups is 1. The van der Waals surface area contributed by atoms with Crippen molar-refractivity contribution in [2.45, 2.75) is 28.8 Å². The molecule has 9 heteroatoms. The molecule has 2 aromatic heterocycles. The van der Waals surface area contributed by atoms with E-state index in [-0.39, 0.29) is 11.9 Å². The highest BCUT2D eigenvalue weighted by Gasteiger charge is 2.25. The number of nitrogens with zero attached hydrogens (tertiary/aromatic N) is 4. The fourth-order valence-corrected chi connectivity index (χ4v) is 5.08. The summed E-state index contributed by atoms with van der Waals surface area (Å²) in [6, 6.07) is 7.31. The number of anilines is 2. The van der Waals surface area contributed by atoms with E-state index >= 15 is 0 Å². The number of carbonyl (C=O) groups is 1. The van der Waals surface area contributed by atoms with Crippen LogP contribution in [0.15, 0.2) is 53.4 Å². The van der Waals surface area contributed by atoms with Crippen molar-refractivity contribution in [3.63, 3.8) is 0 Å². The number of piperidine rings is 1. The summed E-state index contributed by atoms with van der Waals surface area (Å²) in [6.45, 7) is 1.45. The second-order valence-corrected chi connectivity index (χ2v) is 9.18. The maximum Gasteiger partial charge on any atom is 0.253 e. The Hall–Kier alpha value is -2.65. The highest BCUT2D eigenvalue weighted by molar-refractivity contribution is 8.00. The third kappa shape index (κ3) is 5.24. The van der Waals surface area contributed by atoms with Gasteiger partial charge < -0.3 is 16.0 Å². The maximum absolute atomic E-state index is 12.8. The molecule has 1 amide bonds. The van der Waals surface area contributed by atoms with Crippen LogP contribution in [0.4, 0.5) is 10.8 Å². The van der Waals surface area contributed by atoms with E-state index in [9.17, 15) is 4.79 Å². The van der Waals surface area contributed by atoms with Gasteiger partial charge in [0.25, 0.3) is 5.91 Å². The Bertz CT molecular complexity index is 947. The van der Waals surface area contributed by atoms with Crippen molar-refractivity contribution in [2.24, 2.45) is 0 Å². The number of benzene rings is 1. The molecule has 3 heterocycles. The molecule has 0 aliphatic carbocycles. The minimum atomic E-state index is 0.0527. The number of rotatable bonds is 6. The monoisotopic (exact) mass is 426 g/mol. The van der Waals surface area contributed by atoms with E-state index in [1.807, 2.05) is 23.5 Å². The first-order chi connectivity index (χ1) is 14.2. The fourth-order valence-electron chi connectivity index (χ4n) is 3.21.